The monoisotopic (exact) mass is 310 g/mol. The number of aliphatic hydroxyl groups excluding tert-OH is 1. The third kappa shape index (κ3) is 4.21. The fourth-order valence-electron chi connectivity index (χ4n) is 3.24. The lowest BCUT2D eigenvalue weighted by molar-refractivity contribution is -0.150. The molecule has 1 unspecified atom stereocenters. The topological polar surface area (TPSA) is 29.5 Å². The normalized spacial score (nSPS) is 22.0. The number of halogens is 1. The molecular formula is C18H27ClO2. The van der Waals surface area contributed by atoms with Crippen molar-refractivity contribution in [2.45, 2.75) is 64.6 Å². The number of benzene rings is 1. The quantitative estimate of drug-likeness (QED) is 0.860. The second-order valence-corrected chi connectivity index (χ2v) is 7.44. The first-order valence-corrected chi connectivity index (χ1v) is 8.31. The fourth-order valence-corrected chi connectivity index (χ4v) is 3.37. The van der Waals surface area contributed by atoms with E-state index in [1.807, 2.05) is 31.2 Å². The van der Waals surface area contributed by atoms with Crippen LogP contribution in [0.25, 0.3) is 0 Å². The largest absolute Gasteiger partial charge is 0.390 e. The maximum absolute atomic E-state index is 10.8. The van der Waals surface area contributed by atoms with E-state index in [-0.39, 0.29) is 5.60 Å². The number of aliphatic hydroxyl groups is 1. The van der Waals surface area contributed by atoms with Gasteiger partial charge < -0.3 is 9.84 Å². The first-order valence-electron chi connectivity index (χ1n) is 7.93. The predicted molar refractivity (Wildman–Crippen MR) is 87.8 cm³/mol. The van der Waals surface area contributed by atoms with Crippen LogP contribution in [0.4, 0.5) is 0 Å². The fraction of sp³-hybridized carbons (Fsp3) is 0.667. The summed E-state index contributed by atoms with van der Waals surface area (Å²) in [6.45, 7) is 7.26. The minimum atomic E-state index is -0.463. The van der Waals surface area contributed by atoms with Gasteiger partial charge in [-0.05, 0) is 55.7 Å². The van der Waals surface area contributed by atoms with Crippen molar-refractivity contribution < 1.29 is 9.84 Å². The second kappa shape index (κ2) is 6.68. The van der Waals surface area contributed by atoms with Crippen LogP contribution in [0.1, 0.15) is 52.0 Å². The summed E-state index contributed by atoms with van der Waals surface area (Å²) in [4.78, 5) is 0. The van der Waals surface area contributed by atoms with Crippen molar-refractivity contribution in [3.63, 3.8) is 0 Å². The van der Waals surface area contributed by atoms with E-state index in [0.717, 1.165) is 36.3 Å². The third-order valence-electron chi connectivity index (χ3n) is 4.83. The van der Waals surface area contributed by atoms with Gasteiger partial charge in [0.25, 0.3) is 0 Å². The molecule has 1 N–H and O–H groups in total. The standard InChI is InChI=1S/C18H27ClO2/c1-4-21-18(11-9-17(2,3)10-12-18)16(20)13-14-5-7-15(19)8-6-14/h5-8,16,20H,4,9-13H2,1-3H3. The zero-order chi connectivity index (χ0) is 15.5. The van der Waals surface area contributed by atoms with E-state index >= 15 is 0 Å². The first kappa shape index (κ1) is 16.8. The molecule has 0 spiro atoms. The van der Waals surface area contributed by atoms with E-state index in [9.17, 15) is 5.11 Å². The number of hydrogen-bond donors (Lipinski definition) is 1. The SMILES string of the molecule is CCOC1(C(O)Cc2ccc(Cl)cc2)CCC(C)(C)CC1. The highest BCUT2D eigenvalue weighted by atomic mass is 35.5. The molecular weight excluding hydrogens is 284 g/mol. The minimum absolute atomic E-state index is 0.362. The van der Waals surface area contributed by atoms with Crippen molar-refractivity contribution in [2.75, 3.05) is 6.61 Å². The van der Waals surface area contributed by atoms with E-state index < -0.39 is 6.10 Å². The molecule has 0 bridgehead atoms. The molecule has 21 heavy (non-hydrogen) atoms. The van der Waals surface area contributed by atoms with Gasteiger partial charge in [0.15, 0.2) is 0 Å². The van der Waals surface area contributed by atoms with Gasteiger partial charge in [-0.25, -0.2) is 0 Å². The molecule has 0 amide bonds. The molecule has 1 fully saturated rings. The summed E-state index contributed by atoms with van der Waals surface area (Å²) in [6, 6.07) is 7.72. The Bertz CT molecular complexity index is 443. The molecule has 0 radical (unpaired) electrons. The second-order valence-electron chi connectivity index (χ2n) is 7.01. The molecule has 0 heterocycles. The Morgan fingerprint density at radius 1 is 1.14 bits per heavy atom. The Morgan fingerprint density at radius 3 is 2.24 bits per heavy atom. The maximum atomic E-state index is 10.8. The maximum Gasteiger partial charge on any atom is 0.0943 e. The van der Waals surface area contributed by atoms with Gasteiger partial charge in [-0.3, -0.25) is 0 Å². The van der Waals surface area contributed by atoms with Crippen LogP contribution in [0.5, 0.6) is 0 Å². The molecule has 2 rings (SSSR count). The van der Waals surface area contributed by atoms with Crippen molar-refractivity contribution in [3.05, 3.63) is 34.9 Å². The zero-order valence-electron chi connectivity index (χ0n) is 13.4. The van der Waals surface area contributed by atoms with Gasteiger partial charge in [-0.2, -0.15) is 0 Å². The van der Waals surface area contributed by atoms with Crippen molar-refractivity contribution in [2.24, 2.45) is 5.41 Å². The summed E-state index contributed by atoms with van der Waals surface area (Å²) in [5, 5.41) is 11.5. The summed E-state index contributed by atoms with van der Waals surface area (Å²) in [5.74, 6) is 0. The number of hydrogen-bond acceptors (Lipinski definition) is 2. The average molecular weight is 311 g/mol. The van der Waals surface area contributed by atoms with Gasteiger partial charge in [0, 0.05) is 18.1 Å². The van der Waals surface area contributed by atoms with Gasteiger partial charge in [-0.15, -0.1) is 0 Å². The van der Waals surface area contributed by atoms with E-state index in [1.54, 1.807) is 0 Å². The number of rotatable bonds is 5. The Kier molecular flexibility index (Phi) is 5.34. The van der Waals surface area contributed by atoms with Crippen LogP contribution >= 0.6 is 11.6 Å². The number of ether oxygens (including phenoxy) is 1. The molecule has 0 aromatic heterocycles. The average Bonchev–Trinajstić information content (AvgIpc) is 2.44. The predicted octanol–water partition coefficient (Wildman–Crippen LogP) is 4.62. The van der Waals surface area contributed by atoms with Crippen LogP contribution in [-0.4, -0.2) is 23.4 Å². The van der Waals surface area contributed by atoms with Crippen LogP contribution in [0.2, 0.25) is 5.02 Å². The molecule has 1 aliphatic rings. The van der Waals surface area contributed by atoms with Crippen molar-refractivity contribution in [3.8, 4) is 0 Å². The van der Waals surface area contributed by atoms with E-state index in [1.165, 1.54) is 0 Å². The molecule has 0 aliphatic heterocycles. The van der Waals surface area contributed by atoms with Crippen LogP contribution in [-0.2, 0) is 11.2 Å². The van der Waals surface area contributed by atoms with Crippen molar-refractivity contribution in [1.29, 1.82) is 0 Å². The molecule has 3 heteroatoms. The van der Waals surface area contributed by atoms with Crippen LogP contribution < -0.4 is 0 Å². The van der Waals surface area contributed by atoms with E-state index in [4.69, 9.17) is 16.3 Å². The highest BCUT2D eigenvalue weighted by Crippen LogP contribution is 2.44. The Morgan fingerprint density at radius 2 is 1.71 bits per heavy atom. The van der Waals surface area contributed by atoms with Crippen molar-refractivity contribution >= 4 is 11.6 Å². The summed E-state index contributed by atoms with van der Waals surface area (Å²) >= 11 is 5.92. The highest BCUT2D eigenvalue weighted by molar-refractivity contribution is 6.30. The van der Waals surface area contributed by atoms with Crippen molar-refractivity contribution in [1.82, 2.24) is 0 Å². The molecule has 1 atom stereocenters. The van der Waals surface area contributed by atoms with Gasteiger partial charge >= 0.3 is 0 Å². The van der Waals surface area contributed by atoms with Gasteiger partial charge in [-0.1, -0.05) is 37.6 Å². The van der Waals surface area contributed by atoms with E-state index in [0.29, 0.717) is 18.4 Å². The Hall–Kier alpha value is -0.570. The summed E-state index contributed by atoms with van der Waals surface area (Å²) in [5.41, 5.74) is 1.08. The van der Waals surface area contributed by atoms with E-state index in [2.05, 4.69) is 13.8 Å². The van der Waals surface area contributed by atoms with Gasteiger partial charge in [0.2, 0.25) is 0 Å². The molecule has 1 saturated carbocycles. The van der Waals surface area contributed by atoms with Gasteiger partial charge in [0.05, 0.1) is 11.7 Å². The van der Waals surface area contributed by atoms with Crippen LogP contribution in [0.15, 0.2) is 24.3 Å². The molecule has 1 aromatic carbocycles. The summed E-state index contributed by atoms with van der Waals surface area (Å²) in [6.07, 6.45) is 4.23. The molecule has 0 saturated heterocycles. The zero-order valence-corrected chi connectivity index (χ0v) is 14.1. The lowest BCUT2D eigenvalue weighted by Crippen LogP contribution is -2.50. The highest BCUT2D eigenvalue weighted by Gasteiger charge is 2.44. The Labute approximate surface area is 133 Å². The first-order chi connectivity index (χ1) is 9.87. The molecule has 1 aromatic rings. The lowest BCUT2D eigenvalue weighted by Gasteiger charge is -2.46. The molecule has 2 nitrogen and oxygen atoms in total. The van der Waals surface area contributed by atoms with Gasteiger partial charge in [0.1, 0.15) is 0 Å². The molecule has 1 aliphatic carbocycles. The minimum Gasteiger partial charge on any atom is -0.390 e. The lowest BCUT2D eigenvalue weighted by atomic mass is 9.68. The summed E-state index contributed by atoms with van der Waals surface area (Å²) in [7, 11) is 0. The van der Waals surface area contributed by atoms with Crippen LogP contribution in [0.3, 0.4) is 0 Å². The van der Waals surface area contributed by atoms with Crippen LogP contribution in [0, 0.1) is 5.41 Å². The third-order valence-corrected chi connectivity index (χ3v) is 5.08. The molecule has 118 valence electrons. The summed E-state index contributed by atoms with van der Waals surface area (Å²) < 4.78 is 6.05. The smallest absolute Gasteiger partial charge is 0.0943 e. The Balaban J connectivity index is 2.08.